The van der Waals surface area contributed by atoms with E-state index in [1.165, 1.54) is 12.1 Å². The molecule has 0 aliphatic rings. The predicted octanol–water partition coefficient (Wildman–Crippen LogP) is 3.89. The van der Waals surface area contributed by atoms with Crippen molar-refractivity contribution >= 4 is 17.6 Å². The molecular formula is C18H13ClFN3O3. The van der Waals surface area contributed by atoms with Gasteiger partial charge in [0, 0.05) is 23.9 Å². The summed E-state index contributed by atoms with van der Waals surface area (Å²) in [5.74, 6) is -1.60. The summed E-state index contributed by atoms with van der Waals surface area (Å²) in [6, 6.07) is 10.9. The number of benzene rings is 2. The standard InChI is InChI=1S/C18H13ClFN3O3/c19-13-3-1-2-4-15(13)26-17-12(18(24)25)9-22-16(23-17)10-5-6-11(8-21)14(20)7-10/h1-7,9H,8,21H2,(H,24,25). The normalized spacial score (nSPS) is 10.6. The molecule has 1 heterocycles. The zero-order valence-electron chi connectivity index (χ0n) is 13.3. The Hall–Kier alpha value is -3.03. The van der Waals surface area contributed by atoms with Crippen molar-refractivity contribution in [3.05, 3.63) is 70.6 Å². The maximum atomic E-state index is 14.0. The van der Waals surface area contributed by atoms with Gasteiger partial charge in [-0.3, -0.25) is 0 Å². The number of halogens is 2. The van der Waals surface area contributed by atoms with Gasteiger partial charge in [-0.05, 0) is 18.2 Å². The number of ether oxygens (including phenoxy) is 1. The minimum absolute atomic E-state index is 0.0613. The molecule has 0 atom stereocenters. The van der Waals surface area contributed by atoms with E-state index in [0.717, 1.165) is 6.20 Å². The fraction of sp³-hybridized carbons (Fsp3) is 0.0556. The molecule has 8 heteroatoms. The number of hydrogen-bond acceptors (Lipinski definition) is 5. The molecule has 1 aromatic heterocycles. The summed E-state index contributed by atoms with van der Waals surface area (Å²) in [6.45, 7) is 0.0613. The quantitative estimate of drug-likeness (QED) is 0.704. The molecule has 2 aromatic carbocycles. The topological polar surface area (TPSA) is 98.3 Å². The Morgan fingerprint density at radius 3 is 2.69 bits per heavy atom. The lowest BCUT2D eigenvalue weighted by atomic mass is 10.1. The van der Waals surface area contributed by atoms with Crippen LogP contribution in [0.15, 0.2) is 48.7 Å². The van der Waals surface area contributed by atoms with Crippen LogP contribution in [0.3, 0.4) is 0 Å². The van der Waals surface area contributed by atoms with Crippen molar-refractivity contribution in [1.82, 2.24) is 9.97 Å². The number of aromatic nitrogens is 2. The van der Waals surface area contributed by atoms with Gasteiger partial charge < -0.3 is 15.6 Å². The van der Waals surface area contributed by atoms with Crippen molar-refractivity contribution in [3.63, 3.8) is 0 Å². The number of carboxylic acid groups (broad SMARTS) is 1. The molecule has 26 heavy (non-hydrogen) atoms. The minimum Gasteiger partial charge on any atom is -0.477 e. The largest absolute Gasteiger partial charge is 0.477 e. The number of hydrogen-bond donors (Lipinski definition) is 2. The van der Waals surface area contributed by atoms with Crippen LogP contribution < -0.4 is 10.5 Å². The number of rotatable bonds is 5. The molecule has 0 amide bonds. The molecule has 0 fully saturated rings. The Morgan fingerprint density at radius 1 is 1.27 bits per heavy atom. The van der Waals surface area contributed by atoms with Crippen LogP contribution in [0.1, 0.15) is 15.9 Å². The molecule has 3 aromatic rings. The first kappa shape index (κ1) is 17.8. The Morgan fingerprint density at radius 2 is 2.04 bits per heavy atom. The summed E-state index contributed by atoms with van der Waals surface area (Å²) < 4.78 is 19.5. The van der Waals surface area contributed by atoms with Gasteiger partial charge in [-0.1, -0.05) is 35.9 Å². The van der Waals surface area contributed by atoms with E-state index in [4.69, 9.17) is 22.1 Å². The third-order valence-electron chi connectivity index (χ3n) is 3.56. The second kappa shape index (κ2) is 7.47. The molecule has 3 rings (SSSR count). The Kier molecular flexibility index (Phi) is 5.11. The molecule has 3 N–H and O–H groups in total. The highest BCUT2D eigenvalue weighted by Gasteiger charge is 2.18. The molecular weight excluding hydrogens is 361 g/mol. The third kappa shape index (κ3) is 3.63. The van der Waals surface area contributed by atoms with E-state index in [9.17, 15) is 14.3 Å². The number of nitrogens with zero attached hydrogens (tertiary/aromatic N) is 2. The summed E-state index contributed by atoms with van der Waals surface area (Å²) >= 11 is 6.04. The van der Waals surface area contributed by atoms with E-state index < -0.39 is 11.8 Å². The highest BCUT2D eigenvalue weighted by Crippen LogP contribution is 2.31. The van der Waals surface area contributed by atoms with Crippen LogP contribution in [0, 0.1) is 5.82 Å². The Labute approximate surface area is 153 Å². The first-order chi connectivity index (χ1) is 12.5. The SMILES string of the molecule is NCc1ccc(-c2ncc(C(=O)O)c(Oc3ccccc3Cl)n2)cc1F. The maximum Gasteiger partial charge on any atom is 0.342 e. The molecule has 0 saturated heterocycles. The zero-order valence-corrected chi connectivity index (χ0v) is 14.1. The van der Waals surface area contributed by atoms with Crippen LogP contribution in [-0.4, -0.2) is 21.0 Å². The molecule has 0 saturated carbocycles. The van der Waals surface area contributed by atoms with Crippen molar-refractivity contribution in [2.75, 3.05) is 0 Å². The fourth-order valence-electron chi connectivity index (χ4n) is 2.21. The van der Waals surface area contributed by atoms with Gasteiger partial charge in [0.1, 0.15) is 17.1 Å². The van der Waals surface area contributed by atoms with Gasteiger partial charge >= 0.3 is 5.97 Å². The van der Waals surface area contributed by atoms with E-state index in [1.807, 2.05) is 0 Å². The summed E-state index contributed by atoms with van der Waals surface area (Å²) in [4.78, 5) is 19.5. The molecule has 0 unspecified atom stereocenters. The lowest BCUT2D eigenvalue weighted by Crippen LogP contribution is -2.05. The molecule has 6 nitrogen and oxygen atoms in total. The van der Waals surface area contributed by atoms with Gasteiger partial charge in [-0.2, -0.15) is 4.98 Å². The van der Waals surface area contributed by atoms with Crippen LogP contribution in [0.4, 0.5) is 4.39 Å². The summed E-state index contributed by atoms with van der Waals surface area (Å²) in [7, 11) is 0. The van der Waals surface area contributed by atoms with E-state index in [-0.39, 0.29) is 29.6 Å². The van der Waals surface area contributed by atoms with Crippen LogP contribution in [-0.2, 0) is 6.54 Å². The van der Waals surface area contributed by atoms with Crippen molar-refractivity contribution in [2.24, 2.45) is 5.73 Å². The molecule has 0 aliphatic heterocycles. The smallest absolute Gasteiger partial charge is 0.342 e. The second-order valence-corrected chi connectivity index (χ2v) is 5.67. The van der Waals surface area contributed by atoms with E-state index in [1.54, 1.807) is 30.3 Å². The number of aromatic carboxylic acids is 1. The number of nitrogens with two attached hydrogens (primary N) is 1. The van der Waals surface area contributed by atoms with Crippen LogP contribution in [0.25, 0.3) is 11.4 Å². The molecule has 132 valence electrons. The maximum absolute atomic E-state index is 14.0. The Balaban J connectivity index is 2.05. The van der Waals surface area contributed by atoms with Gasteiger partial charge in [0.25, 0.3) is 0 Å². The molecule has 0 radical (unpaired) electrons. The van der Waals surface area contributed by atoms with Crippen molar-refractivity contribution in [3.8, 4) is 23.0 Å². The van der Waals surface area contributed by atoms with E-state index in [0.29, 0.717) is 16.1 Å². The first-order valence-electron chi connectivity index (χ1n) is 7.51. The summed E-state index contributed by atoms with van der Waals surface area (Å²) in [5, 5.41) is 9.61. The van der Waals surface area contributed by atoms with Crippen LogP contribution in [0.5, 0.6) is 11.6 Å². The zero-order chi connectivity index (χ0) is 18.7. The van der Waals surface area contributed by atoms with Crippen LogP contribution in [0.2, 0.25) is 5.02 Å². The lowest BCUT2D eigenvalue weighted by molar-refractivity contribution is 0.0693. The molecule has 0 spiro atoms. The van der Waals surface area contributed by atoms with E-state index >= 15 is 0 Å². The average Bonchev–Trinajstić information content (AvgIpc) is 2.63. The average molecular weight is 374 g/mol. The van der Waals surface area contributed by atoms with Gasteiger partial charge in [-0.25, -0.2) is 14.2 Å². The van der Waals surface area contributed by atoms with Gasteiger partial charge in [-0.15, -0.1) is 0 Å². The summed E-state index contributed by atoms with van der Waals surface area (Å²) in [6.07, 6.45) is 1.10. The second-order valence-electron chi connectivity index (χ2n) is 5.26. The number of carboxylic acids is 1. The molecule has 0 bridgehead atoms. The minimum atomic E-state index is -1.26. The summed E-state index contributed by atoms with van der Waals surface area (Å²) in [5.41, 5.74) is 5.92. The first-order valence-corrected chi connectivity index (χ1v) is 7.89. The Bertz CT molecular complexity index is 982. The number of carbonyl (C=O) groups is 1. The predicted molar refractivity (Wildman–Crippen MR) is 93.8 cm³/mol. The van der Waals surface area contributed by atoms with Crippen molar-refractivity contribution < 1.29 is 19.0 Å². The highest BCUT2D eigenvalue weighted by atomic mass is 35.5. The van der Waals surface area contributed by atoms with Gasteiger partial charge in [0.2, 0.25) is 5.88 Å². The number of para-hydroxylation sites is 1. The van der Waals surface area contributed by atoms with Crippen LogP contribution >= 0.6 is 11.6 Å². The van der Waals surface area contributed by atoms with Crippen molar-refractivity contribution in [1.29, 1.82) is 0 Å². The lowest BCUT2D eigenvalue weighted by Gasteiger charge is -2.10. The van der Waals surface area contributed by atoms with Gasteiger partial charge in [0.05, 0.1) is 5.02 Å². The fourth-order valence-corrected chi connectivity index (χ4v) is 2.39. The van der Waals surface area contributed by atoms with Gasteiger partial charge in [0.15, 0.2) is 5.82 Å². The molecule has 0 aliphatic carbocycles. The third-order valence-corrected chi connectivity index (χ3v) is 3.87. The van der Waals surface area contributed by atoms with E-state index in [2.05, 4.69) is 9.97 Å². The highest BCUT2D eigenvalue weighted by molar-refractivity contribution is 6.32. The van der Waals surface area contributed by atoms with Crippen molar-refractivity contribution in [2.45, 2.75) is 6.54 Å². The monoisotopic (exact) mass is 373 g/mol.